The standard InChI is InChI=1S/C10H15N3O5S/c1-6-9(8(10(15)16)12-11-6)19(17,18)13-4-2-3-7(13)5-14/h7,14H,2-5H2,1H3,(H,11,12)(H,15,16). The zero-order chi connectivity index (χ0) is 14.2. The third-order valence-electron chi connectivity index (χ3n) is 3.19. The van der Waals surface area contributed by atoms with Crippen molar-refractivity contribution in [2.75, 3.05) is 13.2 Å². The molecule has 1 fully saturated rings. The average molecular weight is 289 g/mol. The lowest BCUT2D eigenvalue weighted by Crippen LogP contribution is -2.38. The minimum atomic E-state index is -3.96. The second-order valence-corrected chi connectivity index (χ2v) is 6.25. The van der Waals surface area contributed by atoms with Gasteiger partial charge in [0.1, 0.15) is 4.90 Å². The first-order valence-electron chi connectivity index (χ1n) is 5.80. The van der Waals surface area contributed by atoms with Crippen LogP contribution in [0, 0.1) is 6.92 Å². The number of sulfonamides is 1. The summed E-state index contributed by atoms with van der Waals surface area (Å²) in [5.41, 5.74) is -0.331. The van der Waals surface area contributed by atoms with Crippen LogP contribution in [0.1, 0.15) is 29.0 Å². The van der Waals surface area contributed by atoms with E-state index in [-0.39, 0.29) is 23.7 Å². The fourth-order valence-electron chi connectivity index (χ4n) is 2.30. The van der Waals surface area contributed by atoms with Crippen molar-refractivity contribution in [3.05, 3.63) is 11.4 Å². The van der Waals surface area contributed by atoms with Crippen molar-refractivity contribution in [2.45, 2.75) is 30.7 Å². The zero-order valence-corrected chi connectivity index (χ0v) is 11.1. The summed E-state index contributed by atoms with van der Waals surface area (Å²) in [6.07, 6.45) is 1.21. The Kier molecular flexibility index (Phi) is 3.61. The van der Waals surface area contributed by atoms with E-state index in [4.69, 9.17) is 5.11 Å². The summed E-state index contributed by atoms with van der Waals surface area (Å²) in [4.78, 5) is 10.7. The van der Waals surface area contributed by atoms with Gasteiger partial charge >= 0.3 is 5.97 Å². The molecule has 2 rings (SSSR count). The highest BCUT2D eigenvalue weighted by atomic mass is 32.2. The number of aromatic carboxylic acids is 1. The van der Waals surface area contributed by atoms with Crippen molar-refractivity contribution in [3.63, 3.8) is 0 Å². The van der Waals surface area contributed by atoms with Crippen LogP contribution in [-0.2, 0) is 10.0 Å². The van der Waals surface area contributed by atoms with Crippen molar-refractivity contribution in [3.8, 4) is 0 Å². The normalized spacial score (nSPS) is 20.8. The van der Waals surface area contributed by atoms with E-state index in [0.717, 1.165) is 4.31 Å². The molecule has 0 radical (unpaired) electrons. The van der Waals surface area contributed by atoms with Crippen LogP contribution in [0.3, 0.4) is 0 Å². The molecule has 2 heterocycles. The van der Waals surface area contributed by atoms with Gasteiger partial charge in [-0.05, 0) is 19.8 Å². The van der Waals surface area contributed by atoms with Gasteiger partial charge in [-0.2, -0.15) is 9.40 Å². The van der Waals surface area contributed by atoms with Crippen LogP contribution in [0.2, 0.25) is 0 Å². The molecule has 8 nitrogen and oxygen atoms in total. The van der Waals surface area contributed by atoms with E-state index in [1.165, 1.54) is 6.92 Å². The SMILES string of the molecule is Cc1[nH]nc(C(=O)O)c1S(=O)(=O)N1CCCC1CO. The maximum Gasteiger partial charge on any atom is 0.357 e. The van der Waals surface area contributed by atoms with Gasteiger partial charge in [0.15, 0.2) is 5.69 Å². The van der Waals surface area contributed by atoms with Gasteiger partial charge in [-0.3, -0.25) is 5.10 Å². The van der Waals surface area contributed by atoms with Gasteiger partial charge in [0.25, 0.3) is 0 Å². The Morgan fingerprint density at radius 2 is 2.26 bits per heavy atom. The highest BCUT2D eigenvalue weighted by Gasteiger charge is 2.39. The van der Waals surface area contributed by atoms with E-state index in [2.05, 4.69) is 10.2 Å². The quantitative estimate of drug-likeness (QED) is 0.690. The van der Waals surface area contributed by atoms with E-state index in [1.54, 1.807) is 0 Å². The molecule has 0 spiro atoms. The molecule has 1 aliphatic rings. The number of aromatic nitrogens is 2. The summed E-state index contributed by atoms with van der Waals surface area (Å²) in [6.45, 7) is 1.45. The van der Waals surface area contributed by atoms with Crippen LogP contribution in [-0.4, -0.2) is 58.3 Å². The number of aliphatic hydroxyl groups excluding tert-OH is 1. The first-order valence-corrected chi connectivity index (χ1v) is 7.24. The monoisotopic (exact) mass is 289 g/mol. The smallest absolute Gasteiger partial charge is 0.357 e. The number of nitrogens with one attached hydrogen (secondary N) is 1. The van der Waals surface area contributed by atoms with Crippen molar-refractivity contribution in [1.82, 2.24) is 14.5 Å². The summed E-state index contributed by atoms with van der Waals surface area (Å²) in [6, 6.07) is -0.499. The summed E-state index contributed by atoms with van der Waals surface area (Å²) in [5, 5.41) is 24.1. The number of carboxylic acid groups (broad SMARTS) is 1. The molecule has 0 aliphatic carbocycles. The molecule has 0 amide bonds. The van der Waals surface area contributed by atoms with Gasteiger partial charge in [-0.25, -0.2) is 13.2 Å². The zero-order valence-electron chi connectivity index (χ0n) is 10.3. The topological polar surface area (TPSA) is 124 Å². The Hall–Kier alpha value is -1.45. The van der Waals surface area contributed by atoms with E-state index in [1.807, 2.05) is 0 Å². The summed E-state index contributed by atoms with van der Waals surface area (Å²) < 4.78 is 26.2. The number of rotatable bonds is 4. The largest absolute Gasteiger partial charge is 0.476 e. The number of carbonyl (C=O) groups is 1. The lowest BCUT2D eigenvalue weighted by molar-refractivity contribution is 0.0686. The molecule has 3 N–H and O–H groups in total. The molecular weight excluding hydrogens is 274 g/mol. The van der Waals surface area contributed by atoms with Gasteiger partial charge < -0.3 is 10.2 Å². The number of carboxylic acids is 1. The Bertz CT molecular complexity index is 594. The van der Waals surface area contributed by atoms with E-state index >= 15 is 0 Å². The highest BCUT2D eigenvalue weighted by Crippen LogP contribution is 2.28. The third kappa shape index (κ3) is 2.24. The van der Waals surface area contributed by atoms with Crippen LogP contribution in [0.25, 0.3) is 0 Å². The molecule has 1 aromatic heterocycles. The first kappa shape index (κ1) is 14.0. The molecule has 1 aromatic rings. The summed E-state index contributed by atoms with van der Waals surface area (Å²) in [5.74, 6) is -1.40. The number of aromatic amines is 1. The fourth-order valence-corrected chi connectivity index (χ4v) is 4.28. The molecule has 1 atom stereocenters. The number of H-pyrrole nitrogens is 1. The van der Waals surface area contributed by atoms with Crippen LogP contribution in [0.5, 0.6) is 0 Å². The Balaban J connectivity index is 2.51. The molecular formula is C10H15N3O5S. The van der Waals surface area contributed by atoms with E-state index in [0.29, 0.717) is 12.8 Å². The fraction of sp³-hybridized carbons (Fsp3) is 0.600. The number of hydrogen-bond donors (Lipinski definition) is 3. The summed E-state index contributed by atoms with van der Waals surface area (Å²) in [7, 11) is -3.96. The van der Waals surface area contributed by atoms with Crippen molar-refractivity contribution in [1.29, 1.82) is 0 Å². The lowest BCUT2D eigenvalue weighted by atomic mass is 10.2. The molecule has 0 aromatic carbocycles. The van der Waals surface area contributed by atoms with Gasteiger partial charge in [0.2, 0.25) is 10.0 Å². The lowest BCUT2D eigenvalue weighted by Gasteiger charge is -2.22. The average Bonchev–Trinajstić information content (AvgIpc) is 2.94. The Morgan fingerprint density at radius 3 is 2.84 bits per heavy atom. The van der Waals surface area contributed by atoms with Gasteiger partial charge in [0, 0.05) is 12.6 Å². The molecule has 0 bridgehead atoms. The van der Waals surface area contributed by atoms with Crippen molar-refractivity contribution in [2.24, 2.45) is 0 Å². The van der Waals surface area contributed by atoms with Crippen molar-refractivity contribution >= 4 is 16.0 Å². The second kappa shape index (κ2) is 4.91. The predicted octanol–water partition coefficient (Wildman–Crippen LogP) is -0.438. The van der Waals surface area contributed by atoms with Gasteiger partial charge in [-0.15, -0.1) is 0 Å². The number of nitrogens with zero attached hydrogens (tertiary/aromatic N) is 2. The number of aryl methyl sites for hydroxylation is 1. The molecule has 1 unspecified atom stereocenters. The predicted molar refractivity (Wildman–Crippen MR) is 64.3 cm³/mol. The number of hydrogen-bond acceptors (Lipinski definition) is 5. The number of aliphatic hydroxyl groups is 1. The van der Waals surface area contributed by atoms with E-state index < -0.39 is 27.7 Å². The summed E-state index contributed by atoms with van der Waals surface area (Å²) >= 11 is 0. The van der Waals surface area contributed by atoms with Crippen LogP contribution >= 0.6 is 0 Å². The minimum Gasteiger partial charge on any atom is -0.476 e. The maximum absolute atomic E-state index is 12.5. The minimum absolute atomic E-state index is 0.181. The second-order valence-electron chi connectivity index (χ2n) is 4.43. The molecule has 1 aliphatic heterocycles. The molecule has 9 heteroatoms. The third-order valence-corrected chi connectivity index (χ3v) is 5.31. The highest BCUT2D eigenvalue weighted by molar-refractivity contribution is 7.89. The van der Waals surface area contributed by atoms with Gasteiger partial charge in [0.05, 0.1) is 12.3 Å². The molecule has 106 valence electrons. The Morgan fingerprint density at radius 1 is 1.58 bits per heavy atom. The molecule has 0 saturated carbocycles. The Labute approximate surface area is 110 Å². The van der Waals surface area contributed by atoms with Crippen LogP contribution < -0.4 is 0 Å². The van der Waals surface area contributed by atoms with E-state index in [9.17, 15) is 18.3 Å². The van der Waals surface area contributed by atoms with Gasteiger partial charge in [-0.1, -0.05) is 0 Å². The molecule has 1 saturated heterocycles. The molecule has 19 heavy (non-hydrogen) atoms. The van der Waals surface area contributed by atoms with Crippen molar-refractivity contribution < 1.29 is 23.4 Å². The first-order chi connectivity index (χ1) is 8.89. The van der Waals surface area contributed by atoms with Crippen LogP contribution in [0.15, 0.2) is 4.90 Å². The maximum atomic E-state index is 12.5. The van der Waals surface area contributed by atoms with Crippen LogP contribution in [0.4, 0.5) is 0 Å².